The van der Waals surface area contributed by atoms with Crippen molar-refractivity contribution < 1.29 is 19.5 Å². The number of rotatable bonds is 9. The zero-order chi connectivity index (χ0) is 22.9. The maximum Gasteiger partial charge on any atom is 0.328 e. The zero-order valence-corrected chi connectivity index (χ0v) is 18.9. The van der Waals surface area contributed by atoms with E-state index in [-0.39, 0.29) is 17.7 Å². The van der Waals surface area contributed by atoms with Gasteiger partial charge in [0.25, 0.3) is 0 Å². The Morgan fingerprint density at radius 1 is 1.09 bits per heavy atom. The van der Waals surface area contributed by atoms with E-state index in [1.54, 1.807) is 35.4 Å². The number of aromatic nitrogens is 1. The fourth-order valence-electron chi connectivity index (χ4n) is 2.86. The number of hydrogen-bond acceptors (Lipinski definition) is 6. The van der Waals surface area contributed by atoms with Gasteiger partial charge in [0.1, 0.15) is 0 Å². The fourth-order valence-corrected chi connectivity index (χ4v) is 4.45. The molecule has 1 aromatic heterocycles. The predicted molar refractivity (Wildman–Crippen MR) is 128 cm³/mol. The number of nitrogens with zero attached hydrogens (tertiary/aromatic N) is 2. The van der Waals surface area contributed by atoms with E-state index in [9.17, 15) is 14.4 Å². The lowest BCUT2D eigenvalue weighted by atomic mass is 10.1. The van der Waals surface area contributed by atoms with E-state index in [0.29, 0.717) is 33.7 Å². The third kappa shape index (κ3) is 7.10. The van der Waals surface area contributed by atoms with Crippen LogP contribution in [0, 0.1) is 0 Å². The number of nitrogens with one attached hydrogen (secondary N) is 2. The number of thioether (sulfide) groups is 1. The summed E-state index contributed by atoms with van der Waals surface area (Å²) in [6.45, 7) is 1.83. The molecule has 2 aromatic carbocycles. The van der Waals surface area contributed by atoms with Crippen molar-refractivity contribution >= 4 is 57.5 Å². The van der Waals surface area contributed by atoms with Crippen LogP contribution in [0.5, 0.6) is 0 Å². The van der Waals surface area contributed by atoms with Crippen molar-refractivity contribution in [2.24, 2.45) is 0 Å². The monoisotopic (exact) mass is 470 g/mol. The number of carboxylic acid groups (broad SMARTS) is 1. The second-order valence-corrected chi connectivity index (χ2v) is 9.02. The number of anilines is 3. The maximum absolute atomic E-state index is 13.1. The Morgan fingerprint density at radius 3 is 2.59 bits per heavy atom. The number of carbonyl (C=O) groups excluding carboxylic acids is 2. The number of thiazole rings is 1. The predicted octanol–water partition coefficient (Wildman–Crippen LogP) is 4.56. The number of benzene rings is 2. The van der Waals surface area contributed by atoms with Crippen molar-refractivity contribution in [3.05, 3.63) is 66.4 Å². The lowest BCUT2D eigenvalue weighted by Crippen LogP contribution is -2.36. The minimum Gasteiger partial charge on any atom is -0.481 e. The van der Waals surface area contributed by atoms with E-state index in [1.165, 1.54) is 18.3 Å². The average molecular weight is 471 g/mol. The topological polar surface area (TPSA) is 112 Å². The third-order valence-corrected chi connectivity index (χ3v) is 6.32. The first kappa shape index (κ1) is 23.3. The van der Waals surface area contributed by atoms with Crippen molar-refractivity contribution in [1.82, 2.24) is 4.98 Å². The van der Waals surface area contributed by atoms with Crippen LogP contribution in [-0.2, 0) is 16.0 Å². The van der Waals surface area contributed by atoms with E-state index in [2.05, 4.69) is 15.6 Å². The normalized spacial score (nSPS) is 10.4. The van der Waals surface area contributed by atoms with Crippen molar-refractivity contribution in [2.45, 2.75) is 17.6 Å². The number of urea groups is 1. The van der Waals surface area contributed by atoms with Crippen LogP contribution < -0.4 is 15.5 Å². The summed E-state index contributed by atoms with van der Waals surface area (Å²) in [5.41, 5.74) is 2.31. The molecule has 0 unspecified atom stereocenters. The van der Waals surface area contributed by atoms with Crippen molar-refractivity contribution in [2.75, 3.05) is 27.8 Å². The van der Waals surface area contributed by atoms with Crippen LogP contribution in [0.25, 0.3) is 0 Å². The summed E-state index contributed by atoms with van der Waals surface area (Å²) in [5.74, 6) is -1.19. The average Bonchev–Trinajstić information content (AvgIpc) is 3.20. The number of carbonyl (C=O) groups is 3. The smallest absolute Gasteiger partial charge is 0.328 e. The molecular weight excluding hydrogens is 448 g/mol. The molecule has 0 fully saturated rings. The third-order valence-electron chi connectivity index (χ3n) is 4.23. The molecule has 32 heavy (non-hydrogen) atoms. The highest BCUT2D eigenvalue weighted by molar-refractivity contribution is 8.01. The van der Waals surface area contributed by atoms with Crippen LogP contribution in [0.1, 0.15) is 12.5 Å². The summed E-state index contributed by atoms with van der Waals surface area (Å²) in [5, 5.41) is 14.7. The van der Waals surface area contributed by atoms with E-state index in [4.69, 9.17) is 5.11 Å². The first-order chi connectivity index (χ1) is 15.4. The van der Waals surface area contributed by atoms with Crippen LogP contribution in [0.4, 0.5) is 21.3 Å². The zero-order valence-electron chi connectivity index (χ0n) is 17.3. The molecule has 0 aliphatic rings. The molecule has 3 amide bonds. The van der Waals surface area contributed by atoms with Crippen LogP contribution in [-0.4, -0.2) is 40.3 Å². The van der Waals surface area contributed by atoms with Crippen LogP contribution in [0.3, 0.4) is 0 Å². The van der Waals surface area contributed by atoms with Crippen molar-refractivity contribution in [1.29, 1.82) is 0 Å². The highest BCUT2D eigenvalue weighted by Crippen LogP contribution is 2.29. The maximum atomic E-state index is 13.1. The molecule has 3 rings (SSSR count). The fraction of sp³-hybridized carbons (Fsp3) is 0.182. The summed E-state index contributed by atoms with van der Waals surface area (Å²) >= 11 is 2.36. The molecule has 0 atom stereocenters. The van der Waals surface area contributed by atoms with Gasteiger partial charge in [-0.05, 0) is 30.2 Å². The molecule has 3 N–H and O–H groups in total. The molecular formula is C22H22N4O4S2. The molecule has 10 heteroatoms. The molecule has 1 heterocycles. The Labute approximate surface area is 193 Å². The van der Waals surface area contributed by atoms with Gasteiger partial charge in [-0.1, -0.05) is 47.7 Å². The minimum atomic E-state index is -0.917. The number of amides is 3. The van der Waals surface area contributed by atoms with Gasteiger partial charge in [-0.2, -0.15) is 0 Å². The Bertz CT molecular complexity index is 1090. The number of aliphatic carboxylic acids is 1. The SMILES string of the molecule is CC(=O)Nc1cccc(N(CCc2ccccc2)C(=O)Nc2ncc(SCC(=O)O)s2)c1. The first-order valence-electron chi connectivity index (χ1n) is 9.71. The minimum absolute atomic E-state index is 0.0747. The Hall–Kier alpha value is -3.37. The standard InChI is InChI=1S/C22H22N4O4S2/c1-15(27)24-17-8-5-9-18(12-17)26(11-10-16-6-3-2-4-7-16)22(30)25-21-23-13-20(32-21)31-14-19(28)29/h2-9,12-13H,10-11,14H2,1H3,(H,24,27)(H,28,29)(H,23,25,30). The second kappa shape index (κ2) is 11.3. The van der Waals surface area contributed by atoms with E-state index < -0.39 is 5.97 Å². The highest BCUT2D eigenvalue weighted by atomic mass is 32.2. The van der Waals surface area contributed by atoms with Gasteiger partial charge in [-0.15, -0.1) is 11.8 Å². The highest BCUT2D eigenvalue weighted by Gasteiger charge is 2.18. The number of carboxylic acids is 1. The van der Waals surface area contributed by atoms with E-state index >= 15 is 0 Å². The molecule has 8 nitrogen and oxygen atoms in total. The van der Waals surface area contributed by atoms with Crippen LogP contribution in [0.2, 0.25) is 0 Å². The van der Waals surface area contributed by atoms with Gasteiger partial charge >= 0.3 is 12.0 Å². The first-order valence-corrected chi connectivity index (χ1v) is 11.5. The Morgan fingerprint density at radius 2 is 1.88 bits per heavy atom. The van der Waals surface area contributed by atoms with Gasteiger partial charge in [-0.3, -0.25) is 19.8 Å². The lowest BCUT2D eigenvalue weighted by molar-refractivity contribution is -0.133. The molecule has 3 aromatic rings. The van der Waals surface area contributed by atoms with Gasteiger partial charge < -0.3 is 10.4 Å². The Kier molecular flexibility index (Phi) is 8.23. The summed E-state index contributed by atoms with van der Waals surface area (Å²) in [7, 11) is 0. The van der Waals surface area contributed by atoms with Crippen molar-refractivity contribution in [3.8, 4) is 0 Å². The molecule has 166 valence electrons. The molecule has 0 aliphatic carbocycles. The Balaban J connectivity index is 1.77. The van der Waals surface area contributed by atoms with Gasteiger partial charge in [0.15, 0.2) is 5.13 Å². The second-order valence-electron chi connectivity index (χ2n) is 6.72. The number of hydrogen-bond donors (Lipinski definition) is 3. The quantitative estimate of drug-likeness (QED) is 0.395. The molecule has 0 bridgehead atoms. The largest absolute Gasteiger partial charge is 0.481 e. The van der Waals surface area contributed by atoms with Gasteiger partial charge in [-0.25, -0.2) is 9.78 Å². The summed E-state index contributed by atoms with van der Waals surface area (Å²) in [6, 6.07) is 16.5. The molecule has 0 saturated carbocycles. The van der Waals surface area contributed by atoms with Crippen LogP contribution in [0.15, 0.2) is 65.0 Å². The van der Waals surface area contributed by atoms with Gasteiger partial charge in [0.05, 0.1) is 16.2 Å². The van der Waals surface area contributed by atoms with Gasteiger partial charge in [0, 0.05) is 24.8 Å². The molecule has 0 radical (unpaired) electrons. The van der Waals surface area contributed by atoms with E-state index in [1.807, 2.05) is 30.3 Å². The van der Waals surface area contributed by atoms with Crippen LogP contribution >= 0.6 is 23.1 Å². The molecule has 0 spiro atoms. The van der Waals surface area contributed by atoms with Crippen molar-refractivity contribution in [3.63, 3.8) is 0 Å². The van der Waals surface area contributed by atoms with E-state index in [0.717, 1.165) is 17.3 Å². The van der Waals surface area contributed by atoms with Gasteiger partial charge in [0.2, 0.25) is 5.91 Å². The molecule has 0 aliphatic heterocycles. The molecule has 0 saturated heterocycles. The summed E-state index contributed by atoms with van der Waals surface area (Å²) < 4.78 is 0.700. The summed E-state index contributed by atoms with van der Waals surface area (Å²) in [6.07, 6.45) is 2.18. The lowest BCUT2D eigenvalue weighted by Gasteiger charge is -2.23. The summed E-state index contributed by atoms with van der Waals surface area (Å²) in [4.78, 5) is 41.1.